The molecule has 12 heteroatoms. The third-order valence-electron chi connectivity index (χ3n) is 4.43. The first-order valence-corrected chi connectivity index (χ1v) is 10.7. The molecule has 166 valence electrons. The van der Waals surface area contributed by atoms with Crippen LogP contribution in [0.4, 0.5) is 18.9 Å². The number of piperidine rings is 1. The number of benzene rings is 1. The molecular formula is C19H19F3N4O4S. The highest BCUT2D eigenvalue weighted by atomic mass is 32.2. The predicted molar refractivity (Wildman–Crippen MR) is 106 cm³/mol. The molecule has 3 rings (SSSR count). The Bertz CT molecular complexity index is 1050. The van der Waals surface area contributed by atoms with E-state index in [0.29, 0.717) is 17.5 Å². The summed E-state index contributed by atoms with van der Waals surface area (Å²) in [5.74, 6) is -0.429. The van der Waals surface area contributed by atoms with Crippen LogP contribution in [0.25, 0.3) is 0 Å². The highest BCUT2D eigenvalue weighted by Crippen LogP contribution is 2.31. The number of anilines is 1. The topological polar surface area (TPSA) is 101 Å². The molecule has 0 radical (unpaired) electrons. The molecule has 31 heavy (non-hydrogen) atoms. The Morgan fingerprint density at radius 1 is 1.19 bits per heavy atom. The minimum absolute atomic E-state index is 0.0443. The first kappa shape index (κ1) is 22.7. The third kappa shape index (κ3) is 6.01. The third-order valence-corrected chi connectivity index (χ3v) is 6.33. The number of aromatic nitrogens is 1. The van der Waals surface area contributed by atoms with Crippen molar-refractivity contribution in [1.29, 1.82) is 0 Å². The number of hydrogen-bond acceptors (Lipinski definition) is 6. The van der Waals surface area contributed by atoms with Gasteiger partial charge in [0.25, 0.3) is 5.91 Å². The molecule has 1 amide bonds. The quantitative estimate of drug-likeness (QED) is 0.674. The summed E-state index contributed by atoms with van der Waals surface area (Å²) < 4.78 is 65.1. The van der Waals surface area contributed by atoms with Gasteiger partial charge in [-0.15, -0.1) is 0 Å². The van der Waals surface area contributed by atoms with Gasteiger partial charge in [-0.3, -0.25) is 9.78 Å². The van der Waals surface area contributed by atoms with Gasteiger partial charge in [0.2, 0.25) is 10.0 Å². The number of nitrogens with zero attached hydrogens (tertiary/aromatic N) is 3. The van der Waals surface area contributed by atoms with Crippen LogP contribution < -0.4 is 5.32 Å². The second kappa shape index (κ2) is 9.43. The smallest absolute Gasteiger partial charge is 0.386 e. The average Bonchev–Trinajstić information content (AvgIpc) is 2.74. The monoisotopic (exact) mass is 456 g/mol. The van der Waals surface area contributed by atoms with Gasteiger partial charge in [0, 0.05) is 32.1 Å². The zero-order valence-corrected chi connectivity index (χ0v) is 17.0. The van der Waals surface area contributed by atoms with E-state index in [9.17, 15) is 26.4 Å². The number of halogens is 3. The maximum atomic E-state index is 12.9. The van der Waals surface area contributed by atoms with Crippen molar-refractivity contribution in [3.8, 4) is 0 Å². The summed E-state index contributed by atoms with van der Waals surface area (Å²) in [6.45, 7) is -0.240. The molecule has 1 saturated heterocycles. The van der Waals surface area contributed by atoms with E-state index in [-0.39, 0.29) is 32.5 Å². The summed E-state index contributed by atoms with van der Waals surface area (Å²) in [5.41, 5.74) is 0.0485. The molecule has 0 saturated carbocycles. The van der Waals surface area contributed by atoms with Crippen molar-refractivity contribution >= 4 is 27.3 Å². The number of nitrogens with one attached hydrogen (secondary N) is 1. The summed E-state index contributed by atoms with van der Waals surface area (Å²) in [4.78, 5) is 20.3. The molecule has 0 unspecified atom stereocenters. The fourth-order valence-corrected chi connectivity index (χ4v) is 4.36. The van der Waals surface area contributed by atoms with E-state index in [2.05, 4.69) is 15.5 Å². The Balaban J connectivity index is 1.53. The number of carbonyl (C=O) groups excluding carboxylic acids is 1. The standard InChI is InChI=1S/C19H19F3N4O4S/c20-19(21,22)14-3-1-5-17(11-14)31(28,29)26-9-6-15(7-10-26)25-30-13-18(27)24-16-4-2-8-23-12-16/h1-5,8,11-12H,6-7,9-10,13H2,(H,24,27). The number of carbonyl (C=O) groups is 1. The normalized spacial score (nSPS) is 15.4. The molecular weight excluding hydrogens is 437 g/mol. The lowest BCUT2D eigenvalue weighted by atomic mass is 10.1. The zero-order chi connectivity index (χ0) is 22.5. The summed E-state index contributed by atoms with van der Waals surface area (Å²) in [6, 6.07) is 6.98. The summed E-state index contributed by atoms with van der Waals surface area (Å²) in [5, 5.41) is 6.45. The number of alkyl halides is 3. The summed E-state index contributed by atoms with van der Waals surface area (Å²) in [6.07, 6.45) is -1.11. The Morgan fingerprint density at radius 3 is 2.58 bits per heavy atom. The molecule has 1 fully saturated rings. The largest absolute Gasteiger partial charge is 0.416 e. The summed E-state index contributed by atoms with van der Waals surface area (Å²) >= 11 is 0. The highest BCUT2D eigenvalue weighted by molar-refractivity contribution is 7.89. The Labute approximate surface area is 176 Å². The van der Waals surface area contributed by atoms with Crippen LogP contribution >= 0.6 is 0 Å². The SMILES string of the molecule is O=C(CON=C1CCN(S(=O)(=O)c2cccc(C(F)(F)F)c2)CC1)Nc1cccnc1. The molecule has 8 nitrogen and oxygen atoms in total. The molecule has 0 spiro atoms. The van der Waals surface area contributed by atoms with Crippen molar-refractivity contribution < 1.29 is 31.2 Å². The minimum Gasteiger partial charge on any atom is -0.386 e. The molecule has 1 aromatic heterocycles. The second-order valence-corrected chi connectivity index (χ2v) is 8.59. The van der Waals surface area contributed by atoms with E-state index in [0.717, 1.165) is 22.5 Å². The zero-order valence-electron chi connectivity index (χ0n) is 16.2. The number of amides is 1. The van der Waals surface area contributed by atoms with E-state index in [4.69, 9.17) is 4.84 Å². The fourth-order valence-electron chi connectivity index (χ4n) is 2.87. The van der Waals surface area contributed by atoms with Crippen LogP contribution in [0.2, 0.25) is 0 Å². The maximum absolute atomic E-state index is 12.9. The van der Waals surface area contributed by atoms with Gasteiger partial charge in [-0.25, -0.2) is 8.42 Å². The maximum Gasteiger partial charge on any atom is 0.416 e. The van der Waals surface area contributed by atoms with Gasteiger partial charge in [0.1, 0.15) is 0 Å². The number of oxime groups is 1. The van der Waals surface area contributed by atoms with E-state index >= 15 is 0 Å². The average molecular weight is 456 g/mol. The fraction of sp³-hybridized carbons (Fsp3) is 0.316. The molecule has 2 aromatic rings. The van der Waals surface area contributed by atoms with Gasteiger partial charge in [-0.05, 0) is 30.3 Å². The van der Waals surface area contributed by atoms with Gasteiger partial charge in [-0.2, -0.15) is 17.5 Å². The van der Waals surface area contributed by atoms with Crippen LogP contribution in [-0.4, -0.2) is 49.0 Å². The number of sulfonamides is 1. The molecule has 0 atom stereocenters. The number of pyridine rings is 1. The van der Waals surface area contributed by atoms with E-state index in [1.807, 2.05) is 0 Å². The molecule has 0 bridgehead atoms. The molecule has 1 N–H and O–H groups in total. The van der Waals surface area contributed by atoms with Crippen molar-refractivity contribution in [1.82, 2.24) is 9.29 Å². The van der Waals surface area contributed by atoms with E-state index in [1.165, 1.54) is 6.20 Å². The van der Waals surface area contributed by atoms with Crippen LogP contribution in [0.1, 0.15) is 18.4 Å². The highest BCUT2D eigenvalue weighted by Gasteiger charge is 2.33. The lowest BCUT2D eigenvalue weighted by molar-refractivity contribution is -0.137. The van der Waals surface area contributed by atoms with E-state index in [1.54, 1.807) is 18.3 Å². The molecule has 0 aliphatic carbocycles. The lowest BCUT2D eigenvalue weighted by Gasteiger charge is -2.26. The van der Waals surface area contributed by atoms with Gasteiger partial charge in [0.05, 0.1) is 28.1 Å². The first-order valence-electron chi connectivity index (χ1n) is 9.21. The van der Waals surface area contributed by atoms with Crippen molar-refractivity contribution in [2.24, 2.45) is 5.16 Å². The van der Waals surface area contributed by atoms with Crippen LogP contribution in [-0.2, 0) is 25.8 Å². The molecule has 1 aromatic carbocycles. The minimum atomic E-state index is -4.63. The van der Waals surface area contributed by atoms with Gasteiger partial charge >= 0.3 is 6.18 Å². The van der Waals surface area contributed by atoms with Crippen LogP contribution in [0.3, 0.4) is 0 Å². The number of hydrogen-bond donors (Lipinski definition) is 1. The van der Waals surface area contributed by atoms with Crippen molar-refractivity contribution in [3.05, 3.63) is 54.4 Å². The van der Waals surface area contributed by atoms with Gasteiger partial charge in [-0.1, -0.05) is 11.2 Å². The van der Waals surface area contributed by atoms with Crippen molar-refractivity contribution in [2.75, 3.05) is 25.0 Å². The Hall–Kier alpha value is -2.99. The van der Waals surface area contributed by atoms with E-state index < -0.39 is 32.6 Å². The summed E-state index contributed by atoms with van der Waals surface area (Å²) in [7, 11) is -4.07. The number of rotatable bonds is 6. The van der Waals surface area contributed by atoms with Crippen LogP contribution in [0.15, 0.2) is 58.8 Å². The van der Waals surface area contributed by atoms with Crippen LogP contribution in [0, 0.1) is 0 Å². The van der Waals surface area contributed by atoms with Crippen molar-refractivity contribution in [2.45, 2.75) is 23.9 Å². The lowest BCUT2D eigenvalue weighted by Crippen LogP contribution is -2.38. The molecule has 1 aliphatic rings. The molecule has 1 aliphatic heterocycles. The Kier molecular flexibility index (Phi) is 6.91. The molecule has 2 heterocycles. The first-order chi connectivity index (χ1) is 14.7. The Morgan fingerprint density at radius 2 is 1.94 bits per heavy atom. The predicted octanol–water partition coefficient (Wildman–Crippen LogP) is 2.90. The van der Waals surface area contributed by atoms with Gasteiger partial charge in [0.15, 0.2) is 6.61 Å². The van der Waals surface area contributed by atoms with Crippen molar-refractivity contribution in [3.63, 3.8) is 0 Å². The second-order valence-electron chi connectivity index (χ2n) is 6.65. The van der Waals surface area contributed by atoms with Gasteiger partial charge < -0.3 is 10.2 Å². The van der Waals surface area contributed by atoms with Crippen LogP contribution in [0.5, 0.6) is 0 Å².